The molecule has 0 aliphatic heterocycles. The van der Waals surface area contributed by atoms with Crippen LogP contribution in [0, 0.1) is 5.82 Å². The van der Waals surface area contributed by atoms with Gasteiger partial charge in [-0.3, -0.25) is 0 Å². The molecule has 18 heavy (non-hydrogen) atoms. The molecule has 0 aliphatic rings. The number of nitrogens with two attached hydrogens (primary N) is 1. The van der Waals surface area contributed by atoms with E-state index in [0.29, 0.717) is 5.69 Å². The molecule has 0 aromatic heterocycles. The quantitative estimate of drug-likeness (QED) is 0.373. The molecule has 0 saturated heterocycles. The standard InChI is InChI=1S/C12H18FN3OS/c1-8(7-18-3)16(2)10-6-4-5-9(13)11(10)12(14)15-17/h4-6,8,17H,7H2,1-3H3,(H2,14,15). The van der Waals surface area contributed by atoms with Crippen LogP contribution < -0.4 is 10.6 Å². The van der Waals surface area contributed by atoms with Crippen LogP contribution in [-0.2, 0) is 0 Å². The highest BCUT2D eigenvalue weighted by atomic mass is 32.2. The minimum Gasteiger partial charge on any atom is -0.409 e. The molecule has 1 aromatic carbocycles. The lowest BCUT2D eigenvalue weighted by molar-refractivity contribution is 0.318. The first-order valence-electron chi connectivity index (χ1n) is 5.51. The van der Waals surface area contributed by atoms with Gasteiger partial charge in [0.2, 0.25) is 0 Å². The molecular formula is C12H18FN3OS. The minimum atomic E-state index is -0.494. The number of halogens is 1. The second-order valence-corrected chi connectivity index (χ2v) is 4.95. The SMILES string of the molecule is CSCC(C)N(C)c1cccc(F)c1/C(N)=N/O. The fraction of sp³-hybridized carbons (Fsp3) is 0.417. The van der Waals surface area contributed by atoms with Crippen LogP contribution in [0.3, 0.4) is 0 Å². The molecule has 6 heteroatoms. The second kappa shape index (κ2) is 6.49. The summed E-state index contributed by atoms with van der Waals surface area (Å²) < 4.78 is 13.8. The Kier molecular flexibility index (Phi) is 5.27. The molecule has 0 aliphatic carbocycles. The number of hydrogen-bond acceptors (Lipinski definition) is 4. The largest absolute Gasteiger partial charge is 0.409 e. The van der Waals surface area contributed by atoms with Gasteiger partial charge in [-0.1, -0.05) is 11.2 Å². The van der Waals surface area contributed by atoms with Crippen molar-refractivity contribution in [3.63, 3.8) is 0 Å². The highest BCUT2D eigenvalue weighted by molar-refractivity contribution is 7.98. The Morgan fingerprint density at radius 3 is 2.83 bits per heavy atom. The monoisotopic (exact) mass is 271 g/mol. The van der Waals surface area contributed by atoms with E-state index in [4.69, 9.17) is 10.9 Å². The van der Waals surface area contributed by atoms with Crippen LogP contribution in [0.15, 0.2) is 23.4 Å². The summed E-state index contributed by atoms with van der Waals surface area (Å²) in [4.78, 5) is 1.92. The second-order valence-electron chi connectivity index (χ2n) is 4.03. The number of thioether (sulfide) groups is 1. The van der Waals surface area contributed by atoms with Crippen molar-refractivity contribution in [3.8, 4) is 0 Å². The molecule has 100 valence electrons. The summed E-state index contributed by atoms with van der Waals surface area (Å²) in [6.45, 7) is 2.04. The van der Waals surface area contributed by atoms with Gasteiger partial charge in [0.05, 0.1) is 11.3 Å². The van der Waals surface area contributed by atoms with Crippen molar-refractivity contribution in [1.29, 1.82) is 0 Å². The van der Waals surface area contributed by atoms with Gasteiger partial charge in [-0.05, 0) is 25.3 Å². The normalized spacial score (nSPS) is 13.4. The van der Waals surface area contributed by atoms with Crippen LogP contribution in [-0.4, -0.2) is 36.1 Å². The van der Waals surface area contributed by atoms with E-state index in [9.17, 15) is 4.39 Å². The van der Waals surface area contributed by atoms with Gasteiger partial charge in [0, 0.05) is 18.8 Å². The van der Waals surface area contributed by atoms with Crippen molar-refractivity contribution in [2.24, 2.45) is 10.9 Å². The van der Waals surface area contributed by atoms with Gasteiger partial charge in [-0.2, -0.15) is 11.8 Å². The van der Waals surface area contributed by atoms with Crippen LogP contribution in [0.5, 0.6) is 0 Å². The van der Waals surface area contributed by atoms with E-state index in [2.05, 4.69) is 5.16 Å². The zero-order chi connectivity index (χ0) is 13.7. The van der Waals surface area contributed by atoms with E-state index < -0.39 is 5.82 Å². The molecule has 0 bridgehead atoms. The molecule has 0 radical (unpaired) electrons. The number of anilines is 1. The maximum absolute atomic E-state index is 13.8. The number of amidine groups is 1. The summed E-state index contributed by atoms with van der Waals surface area (Å²) in [7, 11) is 1.86. The van der Waals surface area contributed by atoms with Gasteiger partial charge in [0.1, 0.15) is 5.82 Å². The Balaban J connectivity index is 3.20. The lowest BCUT2D eigenvalue weighted by Crippen LogP contribution is -2.33. The van der Waals surface area contributed by atoms with Gasteiger partial charge >= 0.3 is 0 Å². The van der Waals surface area contributed by atoms with Crippen molar-refractivity contribution in [3.05, 3.63) is 29.6 Å². The van der Waals surface area contributed by atoms with Crippen LogP contribution in [0.2, 0.25) is 0 Å². The Labute approximate surface area is 111 Å². The van der Waals surface area contributed by atoms with E-state index in [-0.39, 0.29) is 17.4 Å². The van der Waals surface area contributed by atoms with Crippen molar-refractivity contribution < 1.29 is 9.60 Å². The molecule has 0 heterocycles. The molecule has 1 rings (SSSR count). The van der Waals surface area contributed by atoms with Gasteiger partial charge in [0.25, 0.3) is 0 Å². The molecule has 0 spiro atoms. The predicted octanol–water partition coefficient (Wildman–Crippen LogP) is 2.11. The Morgan fingerprint density at radius 1 is 1.61 bits per heavy atom. The van der Waals surface area contributed by atoms with Crippen LogP contribution >= 0.6 is 11.8 Å². The third kappa shape index (κ3) is 3.07. The number of benzene rings is 1. The fourth-order valence-electron chi connectivity index (χ4n) is 1.70. The summed E-state index contributed by atoms with van der Waals surface area (Å²) in [6, 6.07) is 4.88. The van der Waals surface area contributed by atoms with Crippen molar-refractivity contribution in [2.45, 2.75) is 13.0 Å². The van der Waals surface area contributed by atoms with Gasteiger partial charge in [0.15, 0.2) is 5.84 Å². The molecule has 1 aromatic rings. The fourth-order valence-corrected chi connectivity index (χ4v) is 2.41. The molecule has 0 fully saturated rings. The number of hydrogen-bond donors (Lipinski definition) is 2. The Hall–Kier alpha value is -1.43. The Bertz CT molecular complexity index is 439. The lowest BCUT2D eigenvalue weighted by Gasteiger charge is -2.28. The van der Waals surface area contributed by atoms with Crippen molar-refractivity contribution >= 4 is 23.3 Å². The summed E-state index contributed by atoms with van der Waals surface area (Å²) in [6.07, 6.45) is 2.01. The number of oxime groups is 1. The first-order chi connectivity index (χ1) is 8.52. The molecule has 4 nitrogen and oxygen atoms in total. The summed E-state index contributed by atoms with van der Waals surface area (Å²) in [5.41, 5.74) is 6.29. The van der Waals surface area contributed by atoms with Gasteiger partial charge in [-0.15, -0.1) is 0 Å². The highest BCUT2D eigenvalue weighted by Crippen LogP contribution is 2.24. The average Bonchev–Trinajstić information content (AvgIpc) is 2.37. The summed E-state index contributed by atoms with van der Waals surface area (Å²) >= 11 is 1.71. The molecule has 0 amide bonds. The average molecular weight is 271 g/mol. The van der Waals surface area contributed by atoms with Gasteiger partial charge < -0.3 is 15.8 Å². The maximum atomic E-state index is 13.8. The Morgan fingerprint density at radius 2 is 2.28 bits per heavy atom. The molecule has 1 unspecified atom stereocenters. The zero-order valence-electron chi connectivity index (χ0n) is 10.7. The predicted molar refractivity (Wildman–Crippen MR) is 75.2 cm³/mol. The third-order valence-electron chi connectivity index (χ3n) is 2.80. The first-order valence-corrected chi connectivity index (χ1v) is 6.90. The minimum absolute atomic E-state index is 0.135. The first kappa shape index (κ1) is 14.6. The maximum Gasteiger partial charge on any atom is 0.175 e. The van der Waals surface area contributed by atoms with Crippen LogP contribution in [0.1, 0.15) is 12.5 Å². The van der Waals surface area contributed by atoms with Crippen molar-refractivity contribution in [1.82, 2.24) is 0 Å². The molecule has 0 saturated carbocycles. The zero-order valence-corrected chi connectivity index (χ0v) is 11.5. The molecule has 3 N–H and O–H groups in total. The summed E-state index contributed by atoms with van der Waals surface area (Å²) in [5, 5.41) is 11.6. The van der Waals surface area contributed by atoms with Gasteiger partial charge in [-0.25, -0.2) is 4.39 Å². The van der Waals surface area contributed by atoms with Crippen LogP contribution in [0.25, 0.3) is 0 Å². The van der Waals surface area contributed by atoms with E-state index in [1.807, 2.05) is 25.1 Å². The lowest BCUT2D eigenvalue weighted by atomic mass is 10.1. The molecule has 1 atom stereocenters. The number of rotatable bonds is 5. The van der Waals surface area contributed by atoms with E-state index in [1.165, 1.54) is 6.07 Å². The third-order valence-corrected chi connectivity index (χ3v) is 3.62. The van der Waals surface area contributed by atoms with Crippen molar-refractivity contribution in [2.75, 3.05) is 24.0 Å². The summed E-state index contributed by atoms with van der Waals surface area (Å²) in [5.74, 6) is 0.195. The highest BCUT2D eigenvalue weighted by Gasteiger charge is 2.18. The van der Waals surface area contributed by atoms with E-state index >= 15 is 0 Å². The van der Waals surface area contributed by atoms with E-state index in [1.54, 1.807) is 23.9 Å². The number of nitrogens with zero attached hydrogens (tertiary/aromatic N) is 2. The van der Waals surface area contributed by atoms with E-state index in [0.717, 1.165) is 5.75 Å². The topological polar surface area (TPSA) is 61.8 Å². The van der Waals surface area contributed by atoms with Crippen LogP contribution in [0.4, 0.5) is 10.1 Å². The molecular weight excluding hydrogens is 253 g/mol. The smallest absolute Gasteiger partial charge is 0.175 e.